The zero-order valence-electron chi connectivity index (χ0n) is 14.6. The molecule has 2 fully saturated rings. The van der Waals surface area contributed by atoms with Crippen LogP contribution in [0.15, 0.2) is 41.1 Å². The summed E-state index contributed by atoms with van der Waals surface area (Å²) < 4.78 is 5.53. The Morgan fingerprint density at radius 2 is 2.20 bits per heavy atom. The van der Waals surface area contributed by atoms with Crippen LogP contribution in [-0.4, -0.2) is 34.9 Å². The molecule has 2 aromatic rings. The Bertz CT molecular complexity index is 724. The number of likely N-dealkylation sites (tertiary alicyclic amines) is 1. The van der Waals surface area contributed by atoms with Gasteiger partial charge < -0.3 is 9.73 Å². The SMILES string of the molecule is C[C@H]1CN(Cc2ccccn2)CC[C@H]1NC(=O)c1ccoc1C1CC1. The second-order valence-corrected chi connectivity index (χ2v) is 7.37. The standard InChI is InChI=1S/C20H25N3O2/c1-14-12-23(13-16-4-2-3-9-21-16)10-7-18(14)22-20(24)17-8-11-25-19(17)15-5-6-15/h2-4,8-9,11,14-15,18H,5-7,10,12-13H2,1H3,(H,22,24)/t14-,18+/m0/s1. The average Bonchev–Trinajstić information content (AvgIpc) is 3.34. The Balaban J connectivity index is 1.33. The van der Waals surface area contributed by atoms with Gasteiger partial charge in [-0.05, 0) is 43.4 Å². The quantitative estimate of drug-likeness (QED) is 0.909. The van der Waals surface area contributed by atoms with Gasteiger partial charge in [0.1, 0.15) is 5.76 Å². The molecule has 1 aliphatic carbocycles. The highest BCUT2D eigenvalue weighted by molar-refractivity contribution is 5.95. The summed E-state index contributed by atoms with van der Waals surface area (Å²) in [5, 5.41) is 3.24. The number of aromatic nitrogens is 1. The van der Waals surface area contributed by atoms with Crippen LogP contribution in [0.5, 0.6) is 0 Å². The largest absolute Gasteiger partial charge is 0.468 e. The number of furan rings is 1. The van der Waals surface area contributed by atoms with Gasteiger partial charge in [0.25, 0.3) is 5.91 Å². The van der Waals surface area contributed by atoms with Gasteiger partial charge in [0, 0.05) is 37.8 Å². The first-order valence-corrected chi connectivity index (χ1v) is 9.21. The molecule has 5 heteroatoms. The fraction of sp³-hybridized carbons (Fsp3) is 0.500. The van der Waals surface area contributed by atoms with E-state index in [2.05, 4.69) is 28.2 Å². The predicted octanol–water partition coefficient (Wildman–Crippen LogP) is 3.19. The summed E-state index contributed by atoms with van der Waals surface area (Å²) in [5.74, 6) is 1.76. The number of carbonyl (C=O) groups is 1. The lowest BCUT2D eigenvalue weighted by Gasteiger charge is -2.37. The Morgan fingerprint density at radius 1 is 1.32 bits per heavy atom. The van der Waals surface area contributed by atoms with Crippen molar-refractivity contribution in [2.75, 3.05) is 13.1 Å². The lowest BCUT2D eigenvalue weighted by molar-refractivity contribution is 0.0857. The molecule has 1 saturated heterocycles. The zero-order valence-corrected chi connectivity index (χ0v) is 14.6. The zero-order chi connectivity index (χ0) is 17.2. The predicted molar refractivity (Wildman–Crippen MR) is 95.2 cm³/mol. The first kappa shape index (κ1) is 16.3. The minimum atomic E-state index is 0.0191. The molecule has 1 saturated carbocycles. The molecule has 4 rings (SSSR count). The number of amides is 1. The average molecular weight is 339 g/mol. The maximum atomic E-state index is 12.7. The molecule has 25 heavy (non-hydrogen) atoms. The number of piperidine rings is 1. The third-order valence-corrected chi connectivity index (χ3v) is 5.31. The molecule has 0 aromatic carbocycles. The minimum absolute atomic E-state index is 0.0191. The minimum Gasteiger partial charge on any atom is -0.468 e. The molecular weight excluding hydrogens is 314 g/mol. The highest BCUT2D eigenvalue weighted by atomic mass is 16.3. The number of rotatable bonds is 5. The molecule has 0 radical (unpaired) electrons. The Labute approximate surface area is 148 Å². The first-order chi connectivity index (χ1) is 12.2. The van der Waals surface area contributed by atoms with E-state index in [-0.39, 0.29) is 11.9 Å². The van der Waals surface area contributed by atoms with Crippen molar-refractivity contribution in [2.24, 2.45) is 5.92 Å². The van der Waals surface area contributed by atoms with Gasteiger partial charge in [0.2, 0.25) is 0 Å². The molecule has 1 amide bonds. The second-order valence-electron chi connectivity index (χ2n) is 7.37. The van der Waals surface area contributed by atoms with Gasteiger partial charge in [0.05, 0.1) is 17.5 Å². The van der Waals surface area contributed by atoms with E-state index in [1.54, 1.807) is 6.26 Å². The van der Waals surface area contributed by atoms with E-state index in [1.807, 2.05) is 24.4 Å². The third kappa shape index (κ3) is 3.76. The summed E-state index contributed by atoms with van der Waals surface area (Å²) in [5.41, 5.74) is 1.83. The van der Waals surface area contributed by atoms with Crippen molar-refractivity contribution < 1.29 is 9.21 Å². The van der Waals surface area contributed by atoms with Crippen molar-refractivity contribution in [1.29, 1.82) is 0 Å². The number of carbonyl (C=O) groups excluding carboxylic acids is 1. The molecule has 2 atom stereocenters. The fourth-order valence-electron chi connectivity index (χ4n) is 3.73. The highest BCUT2D eigenvalue weighted by Gasteiger charge is 2.33. The lowest BCUT2D eigenvalue weighted by atomic mass is 9.93. The van der Waals surface area contributed by atoms with E-state index < -0.39 is 0 Å². The van der Waals surface area contributed by atoms with E-state index in [4.69, 9.17) is 4.42 Å². The maximum absolute atomic E-state index is 12.7. The van der Waals surface area contributed by atoms with Gasteiger partial charge >= 0.3 is 0 Å². The molecule has 5 nitrogen and oxygen atoms in total. The van der Waals surface area contributed by atoms with Crippen molar-refractivity contribution in [2.45, 2.75) is 44.7 Å². The van der Waals surface area contributed by atoms with E-state index in [1.165, 1.54) is 0 Å². The molecule has 0 spiro atoms. The summed E-state index contributed by atoms with van der Waals surface area (Å²) >= 11 is 0. The van der Waals surface area contributed by atoms with Gasteiger partial charge in [-0.2, -0.15) is 0 Å². The van der Waals surface area contributed by atoms with Crippen LogP contribution in [0, 0.1) is 5.92 Å². The second kappa shape index (κ2) is 7.00. The number of hydrogen-bond donors (Lipinski definition) is 1. The van der Waals surface area contributed by atoms with Crippen LogP contribution in [0.2, 0.25) is 0 Å². The van der Waals surface area contributed by atoms with Crippen LogP contribution in [0.1, 0.15) is 53.9 Å². The van der Waals surface area contributed by atoms with Crippen LogP contribution in [0.3, 0.4) is 0 Å². The van der Waals surface area contributed by atoms with Gasteiger partial charge in [0.15, 0.2) is 0 Å². The van der Waals surface area contributed by atoms with Gasteiger partial charge in [-0.3, -0.25) is 14.7 Å². The maximum Gasteiger partial charge on any atom is 0.255 e. The number of nitrogens with zero attached hydrogens (tertiary/aromatic N) is 2. The van der Waals surface area contributed by atoms with Crippen molar-refractivity contribution in [3.8, 4) is 0 Å². The van der Waals surface area contributed by atoms with Crippen LogP contribution >= 0.6 is 0 Å². The first-order valence-electron chi connectivity index (χ1n) is 9.21. The molecule has 2 aliphatic rings. The highest BCUT2D eigenvalue weighted by Crippen LogP contribution is 2.42. The smallest absolute Gasteiger partial charge is 0.255 e. The van der Waals surface area contributed by atoms with Crippen LogP contribution in [-0.2, 0) is 6.54 Å². The van der Waals surface area contributed by atoms with E-state index in [9.17, 15) is 4.79 Å². The normalized spacial score (nSPS) is 24.2. The van der Waals surface area contributed by atoms with E-state index in [0.29, 0.717) is 11.8 Å². The fourth-order valence-corrected chi connectivity index (χ4v) is 3.73. The molecule has 3 heterocycles. The number of hydrogen-bond acceptors (Lipinski definition) is 4. The van der Waals surface area contributed by atoms with Gasteiger partial charge in [-0.25, -0.2) is 0 Å². The molecule has 1 N–H and O–H groups in total. The van der Waals surface area contributed by atoms with Crippen molar-refractivity contribution in [3.63, 3.8) is 0 Å². The Kier molecular flexibility index (Phi) is 4.57. The number of pyridine rings is 1. The summed E-state index contributed by atoms with van der Waals surface area (Å²) in [6.45, 7) is 5.04. The van der Waals surface area contributed by atoms with E-state index in [0.717, 1.165) is 55.9 Å². The van der Waals surface area contributed by atoms with Gasteiger partial charge in [-0.15, -0.1) is 0 Å². The van der Waals surface area contributed by atoms with Crippen LogP contribution < -0.4 is 5.32 Å². The molecule has 2 aromatic heterocycles. The van der Waals surface area contributed by atoms with E-state index >= 15 is 0 Å². The van der Waals surface area contributed by atoms with Crippen LogP contribution in [0.25, 0.3) is 0 Å². The van der Waals surface area contributed by atoms with Crippen molar-refractivity contribution >= 4 is 5.91 Å². The summed E-state index contributed by atoms with van der Waals surface area (Å²) in [7, 11) is 0. The topological polar surface area (TPSA) is 58.4 Å². The summed E-state index contributed by atoms with van der Waals surface area (Å²) in [6.07, 6.45) is 6.72. The van der Waals surface area contributed by atoms with Crippen molar-refractivity contribution in [1.82, 2.24) is 15.2 Å². The number of nitrogens with one attached hydrogen (secondary N) is 1. The monoisotopic (exact) mass is 339 g/mol. The van der Waals surface area contributed by atoms with Crippen molar-refractivity contribution in [3.05, 3.63) is 53.7 Å². The van der Waals surface area contributed by atoms with Gasteiger partial charge in [-0.1, -0.05) is 13.0 Å². The molecule has 0 unspecified atom stereocenters. The summed E-state index contributed by atoms with van der Waals surface area (Å²) in [6, 6.07) is 8.07. The molecular formula is C20H25N3O2. The lowest BCUT2D eigenvalue weighted by Crippen LogP contribution is -2.49. The molecule has 132 valence electrons. The Hall–Kier alpha value is -2.14. The third-order valence-electron chi connectivity index (χ3n) is 5.31. The summed E-state index contributed by atoms with van der Waals surface area (Å²) in [4.78, 5) is 19.5. The Morgan fingerprint density at radius 3 is 2.92 bits per heavy atom. The van der Waals surface area contributed by atoms with Crippen LogP contribution in [0.4, 0.5) is 0 Å². The molecule has 1 aliphatic heterocycles. The molecule has 0 bridgehead atoms.